The Kier molecular flexibility index (Phi) is 7.11. The summed E-state index contributed by atoms with van der Waals surface area (Å²) >= 11 is 5.81. The lowest BCUT2D eigenvalue weighted by Gasteiger charge is -2.19. The molecule has 3 aromatic carbocycles. The fraction of sp³-hybridized carbons (Fsp3) is 0.194. The average molecular weight is 523 g/mol. The van der Waals surface area contributed by atoms with E-state index < -0.39 is 5.56 Å². The van der Waals surface area contributed by atoms with Crippen molar-refractivity contribution >= 4 is 29.3 Å². The first-order valence-corrected chi connectivity index (χ1v) is 13.1. The number of aryl methyl sites for hydroxylation is 2. The molecule has 192 valence electrons. The molecule has 5 aromatic rings. The van der Waals surface area contributed by atoms with Gasteiger partial charge in [0.25, 0.3) is 5.56 Å². The summed E-state index contributed by atoms with van der Waals surface area (Å²) in [6.45, 7) is 5.95. The maximum Gasteiger partial charge on any atom is 0.271 e. The zero-order valence-electron chi connectivity index (χ0n) is 21.7. The third-order valence-corrected chi connectivity index (χ3v) is 7.36. The number of nitrogens with zero attached hydrogens (tertiary/aromatic N) is 3. The van der Waals surface area contributed by atoms with Gasteiger partial charge in [-0.1, -0.05) is 61.5 Å². The van der Waals surface area contributed by atoms with Crippen LogP contribution >= 0.6 is 12.2 Å². The first-order valence-electron chi connectivity index (χ1n) is 12.7. The molecule has 2 N–H and O–H groups in total. The predicted molar refractivity (Wildman–Crippen MR) is 157 cm³/mol. The molecule has 0 saturated carbocycles. The van der Waals surface area contributed by atoms with Crippen LogP contribution in [0.1, 0.15) is 35.6 Å². The van der Waals surface area contributed by atoms with Crippen molar-refractivity contribution in [2.45, 2.75) is 39.7 Å². The van der Waals surface area contributed by atoms with Crippen molar-refractivity contribution in [1.29, 1.82) is 0 Å². The molecule has 1 unspecified atom stereocenters. The maximum absolute atomic E-state index is 13.9. The van der Waals surface area contributed by atoms with E-state index in [1.165, 1.54) is 21.7 Å². The van der Waals surface area contributed by atoms with Gasteiger partial charge in [0.1, 0.15) is 5.56 Å². The number of hydrogen-bond acceptors (Lipinski definition) is 4. The molecule has 0 fully saturated rings. The van der Waals surface area contributed by atoms with Crippen molar-refractivity contribution in [3.8, 4) is 17.3 Å². The Labute approximate surface area is 226 Å². The zero-order chi connectivity index (χ0) is 26.8. The number of aliphatic imine (C=N–C) groups is 1. The van der Waals surface area contributed by atoms with Crippen LogP contribution in [0, 0.1) is 18.6 Å². The second kappa shape index (κ2) is 10.6. The van der Waals surface area contributed by atoms with E-state index in [4.69, 9.17) is 17.2 Å². The van der Waals surface area contributed by atoms with Crippen molar-refractivity contribution in [1.82, 2.24) is 14.1 Å². The Morgan fingerprint density at radius 3 is 2.21 bits per heavy atom. The molecule has 6 nitrogen and oxygen atoms in total. The number of hydrogen-bond donors (Lipinski definition) is 2. The second-order valence-corrected chi connectivity index (χ2v) is 9.84. The normalized spacial score (nSPS) is 12.4. The third kappa shape index (κ3) is 4.61. The molecule has 1 atom stereocenters. The van der Waals surface area contributed by atoms with Crippen molar-refractivity contribution in [2.24, 2.45) is 4.99 Å². The van der Waals surface area contributed by atoms with Crippen LogP contribution in [0.5, 0.6) is 5.88 Å². The van der Waals surface area contributed by atoms with Crippen molar-refractivity contribution in [3.63, 3.8) is 0 Å². The highest BCUT2D eigenvalue weighted by atomic mass is 32.1. The van der Waals surface area contributed by atoms with Crippen LogP contribution in [0.3, 0.4) is 0 Å². The molecule has 5 rings (SSSR count). The summed E-state index contributed by atoms with van der Waals surface area (Å²) in [4.78, 5) is 22.0. The van der Waals surface area contributed by atoms with Crippen molar-refractivity contribution in [2.75, 3.05) is 0 Å². The summed E-state index contributed by atoms with van der Waals surface area (Å²) in [5, 5.41) is 12.6. The summed E-state index contributed by atoms with van der Waals surface area (Å²) in [5.41, 5.74) is 5.14. The fourth-order valence-electron chi connectivity index (χ4n) is 4.82. The first-order chi connectivity index (χ1) is 18.4. The Balaban J connectivity index is 1.66. The molecule has 0 bridgehead atoms. The maximum atomic E-state index is 13.9. The highest BCUT2D eigenvalue weighted by molar-refractivity contribution is 7.71. The predicted octanol–water partition coefficient (Wildman–Crippen LogP) is 6.60. The number of fused-ring (bicyclic) bond motifs is 1. The smallest absolute Gasteiger partial charge is 0.271 e. The number of aromatic hydroxyl groups is 1. The highest BCUT2D eigenvalue weighted by Crippen LogP contribution is 2.25. The third-order valence-electron chi connectivity index (χ3n) is 7.00. The molecular formula is C31H30N4O2S. The molecule has 2 aromatic heterocycles. The molecule has 7 heteroatoms. The van der Waals surface area contributed by atoms with Gasteiger partial charge < -0.3 is 10.1 Å². The van der Waals surface area contributed by atoms with Gasteiger partial charge in [-0.25, -0.2) is 0 Å². The van der Waals surface area contributed by atoms with E-state index >= 15 is 0 Å². The van der Waals surface area contributed by atoms with Crippen LogP contribution < -0.4 is 5.56 Å². The molecule has 0 saturated heterocycles. The van der Waals surface area contributed by atoms with E-state index in [0.717, 1.165) is 23.1 Å². The first kappa shape index (κ1) is 25.4. The number of para-hydroxylation sites is 3. The number of benzene rings is 3. The van der Waals surface area contributed by atoms with Gasteiger partial charge in [-0.3, -0.25) is 18.9 Å². The van der Waals surface area contributed by atoms with Gasteiger partial charge in [0.15, 0.2) is 4.77 Å². The van der Waals surface area contributed by atoms with Gasteiger partial charge in [-0.15, -0.1) is 0 Å². The molecular weight excluding hydrogens is 492 g/mol. The molecule has 0 radical (unpaired) electrons. The quantitative estimate of drug-likeness (QED) is 0.187. The monoisotopic (exact) mass is 522 g/mol. The SMILES string of the molecule is CCC(Cc1c[nH]c2ccccc12)N=Cc1c(O)n(-c2ccccc2C)c(=S)n(-c2ccccc2C)c1=O. The van der Waals surface area contributed by atoms with Gasteiger partial charge >= 0.3 is 0 Å². The number of nitrogens with one attached hydrogen (secondary N) is 1. The number of H-pyrrole nitrogens is 1. The van der Waals surface area contributed by atoms with Gasteiger partial charge in [0.2, 0.25) is 5.88 Å². The Bertz CT molecular complexity index is 1780. The molecule has 38 heavy (non-hydrogen) atoms. The van der Waals surface area contributed by atoms with Crippen LogP contribution in [0.4, 0.5) is 0 Å². The molecule has 2 heterocycles. The van der Waals surface area contributed by atoms with Gasteiger partial charge in [0, 0.05) is 23.3 Å². The summed E-state index contributed by atoms with van der Waals surface area (Å²) in [6.07, 6.45) is 5.02. The Morgan fingerprint density at radius 1 is 0.947 bits per heavy atom. The van der Waals surface area contributed by atoms with Gasteiger partial charge in [-0.2, -0.15) is 0 Å². The number of aromatic nitrogens is 3. The minimum atomic E-state index is -0.405. The standard InChI is InChI=1S/C31H30N4O2S/c1-4-23(17-22-18-33-26-14-8-7-13-24(22)26)32-19-25-29(36)34(27-15-9-5-11-20(27)2)31(38)35(30(25)37)28-16-10-6-12-21(28)3/h5-16,18-19,23,33,36H,4,17H2,1-3H3. The lowest BCUT2D eigenvalue weighted by Crippen LogP contribution is -2.28. The Morgan fingerprint density at radius 2 is 1.55 bits per heavy atom. The van der Waals surface area contributed by atoms with Crippen LogP contribution in [-0.4, -0.2) is 31.5 Å². The average Bonchev–Trinajstić information content (AvgIpc) is 3.32. The van der Waals surface area contributed by atoms with E-state index in [2.05, 4.69) is 24.0 Å². The van der Waals surface area contributed by atoms with Crippen LogP contribution in [-0.2, 0) is 6.42 Å². The lowest BCUT2D eigenvalue weighted by molar-refractivity contribution is 0.429. The Hall–Kier alpha value is -4.23. The van der Waals surface area contributed by atoms with E-state index in [1.54, 1.807) is 4.57 Å². The summed E-state index contributed by atoms with van der Waals surface area (Å²) in [5.74, 6) is -0.218. The van der Waals surface area contributed by atoms with Crippen molar-refractivity contribution in [3.05, 3.63) is 116 Å². The molecule has 0 aliphatic rings. The molecule has 0 spiro atoms. The van der Waals surface area contributed by atoms with Gasteiger partial charge in [-0.05, 0) is 73.8 Å². The molecule has 0 amide bonds. The van der Waals surface area contributed by atoms with E-state index in [1.807, 2.05) is 80.7 Å². The van der Waals surface area contributed by atoms with Crippen molar-refractivity contribution < 1.29 is 5.11 Å². The van der Waals surface area contributed by atoms with E-state index in [-0.39, 0.29) is 22.3 Å². The zero-order valence-corrected chi connectivity index (χ0v) is 22.5. The van der Waals surface area contributed by atoms with Crippen LogP contribution in [0.15, 0.2) is 88.8 Å². The molecule has 0 aliphatic heterocycles. The number of rotatable bonds is 7. The largest absolute Gasteiger partial charge is 0.494 e. The fourth-order valence-corrected chi connectivity index (χ4v) is 5.19. The minimum absolute atomic E-state index is 0.0741. The van der Waals surface area contributed by atoms with Crippen LogP contribution in [0.25, 0.3) is 22.3 Å². The number of aromatic amines is 1. The minimum Gasteiger partial charge on any atom is -0.494 e. The second-order valence-electron chi connectivity index (χ2n) is 9.47. The summed E-state index contributed by atoms with van der Waals surface area (Å²) in [6, 6.07) is 23.3. The molecule has 0 aliphatic carbocycles. The van der Waals surface area contributed by atoms with Gasteiger partial charge in [0.05, 0.1) is 17.4 Å². The van der Waals surface area contributed by atoms with Crippen LogP contribution in [0.2, 0.25) is 0 Å². The summed E-state index contributed by atoms with van der Waals surface area (Å²) in [7, 11) is 0. The lowest BCUT2D eigenvalue weighted by atomic mass is 10.0. The topological polar surface area (TPSA) is 75.3 Å². The summed E-state index contributed by atoms with van der Waals surface area (Å²) < 4.78 is 3.23. The van der Waals surface area contributed by atoms with E-state index in [0.29, 0.717) is 17.8 Å². The van der Waals surface area contributed by atoms with E-state index in [9.17, 15) is 9.90 Å². The highest BCUT2D eigenvalue weighted by Gasteiger charge is 2.20.